The lowest BCUT2D eigenvalue weighted by atomic mass is 9.30. The fourth-order valence-electron chi connectivity index (χ4n) is 5.60. The molecule has 40 heavy (non-hydrogen) atoms. The molecule has 0 bridgehead atoms. The van der Waals surface area contributed by atoms with Gasteiger partial charge in [-0.3, -0.25) is 4.79 Å². The minimum absolute atomic E-state index is 0.280. The van der Waals surface area contributed by atoms with Gasteiger partial charge >= 0.3 is 0 Å². The fourth-order valence-corrected chi connectivity index (χ4v) is 5.60. The molecule has 1 aromatic carbocycles. The number of nitrogens with one attached hydrogen (secondary N) is 1. The van der Waals surface area contributed by atoms with Gasteiger partial charge in [-0.05, 0) is 47.9 Å². The highest BCUT2D eigenvalue weighted by atomic mass is 16.5. The van der Waals surface area contributed by atoms with Gasteiger partial charge in [-0.15, -0.1) is 10.2 Å². The maximum absolute atomic E-state index is 13.4. The Bertz CT molecular complexity index is 1620. The van der Waals surface area contributed by atoms with Crippen molar-refractivity contribution in [2.24, 2.45) is 7.05 Å². The highest BCUT2D eigenvalue weighted by Gasteiger charge is 2.58. The van der Waals surface area contributed by atoms with Gasteiger partial charge in [-0.1, -0.05) is 6.07 Å². The number of amides is 1. The zero-order valence-corrected chi connectivity index (χ0v) is 25.1. The quantitative estimate of drug-likeness (QED) is 0.267. The number of pyridine rings is 1. The second kappa shape index (κ2) is 9.36. The van der Waals surface area contributed by atoms with Crippen LogP contribution in [0.1, 0.15) is 16.2 Å². The van der Waals surface area contributed by atoms with Gasteiger partial charge in [0.1, 0.15) is 74.4 Å². The molecule has 0 radical (unpaired) electrons. The maximum atomic E-state index is 13.4. The summed E-state index contributed by atoms with van der Waals surface area (Å²) in [5, 5.41) is 10.6. The molecule has 4 heterocycles. The monoisotopic (exact) mass is 525 g/mol. The first kappa shape index (κ1) is 28.2. The third-order valence-corrected chi connectivity index (χ3v) is 9.15. The molecule has 0 aliphatic carbocycles. The molecule has 3 aromatic heterocycles. The molecular weight excluding hydrogens is 493 g/mol. The van der Waals surface area contributed by atoms with E-state index in [1.165, 1.54) is 0 Å². The zero-order chi connectivity index (χ0) is 29.3. The third kappa shape index (κ3) is 4.48. The number of benzene rings is 1. The highest BCUT2D eigenvalue weighted by Crippen LogP contribution is 2.42. The SMILES string of the molecule is BC1(B)OC(B)(B)C(B)(B)N(c2cc(C(=O)Nc3cc4cc(-c5cnc(C)n5C)ccc4nn3)ccn2)C1(B)B. The number of carbonyl (C=O) groups excluding carboxylic acids is 1. The van der Waals surface area contributed by atoms with Crippen molar-refractivity contribution in [3.8, 4) is 11.3 Å². The van der Waals surface area contributed by atoms with Crippen LogP contribution in [-0.2, 0) is 11.8 Å². The number of ether oxygens (including phenoxy) is 1. The van der Waals surface area contributed by atoms with Crippen LogP contribution in [0.15, 0.2) is 48.8 Å². The summed E-state index contributed by atoms with van der Waals surface area (Å²) in [5.41, 5.74) is 3.25. The number of hydrogen-bond donors (Lipinski definition) is 1. The molecule has 1 N–H and O–H groups in total. The number of imidazole rings is 1. The molecule has 9 nitrogen and oxygen atoms in total. The molecule has 4 aromatic rings. The van der Waals surface area contributed by atoms with Gasteiger partial charge in [0.15, 0.2) is 5.82 Å². The molecular formula is C23H31B8N7O2. The van der Waals surface area contributed by atoms with Gasteiger partial charge in [-0.25, -0.2) is 9.97 Å². The molecule has 0 unspecified atom stereocenters. The second-order valence-corrected chi connectivity index (χ2v) is 12.7. The lowest BCUT2D eigenvalue weighted by Gasteiger charge is -2.69. The molecule has 1 fully saturated rings. The molecule has 0 spiro atoms. The minimum Gasteiger partial charge on any atom is -0.402 e. The van der Waals surface area contributed by atoms with Crippen LogP contribution in [0.2, 0.25) is 0 Å². The van der Waals surface area contributed by atoms with Crippen molar-refractivity contribution >= 4 is 91.2 Å². The standard InChI is InChI=1S/C23H31B8N7O2/c1-11-33-10-16(37(11)2)12-3-4-15-14(7-12)8-17(36-35-15)34-19(39)13-5-6-32-18(9-13)38-20(24,25)22(28,29)40-23(30,31)21(38,26)27/h3-10H,24-31H2,1-2H3,(H,34,36,39). The normalized spacial score (nSPS) is 18.8. The molecule has 1 amide bonds. The van der Waals surface area contributed by atoms with E-state index in [0.29, 0.717) is 17.2 Å². The fraction of sp³-hybridized carbons (Fsp3) is 0.261. The summed E-state index contributed by atoms with van der Waals surface area (Å²) in [5.74, 6) is 1.75. The van der Waals surface area contributed by atoms with Gasteiger partial charge in [0.25, 0.3) is 5.91 Å². The number of hydrogen-bond acceptors (Lipinski definition) is 7. The van der Waals surface area contributed by atoms with Gasteiger partial charge in [-0.2, -0.15) is 0 Å². The number of carbonyl (C=O) groups is 1. The van der Waals surface area contributed by atoms with Crippen molar-refractivity contribution in [3.63, 3.8) is 0 Å². The molecule has 1 aliphatic heterocycles. The maximum Gasteiger partial charge on any atom is 0.257 e. The second-order valence-electron chi connectivity index (χ2n) is 12.7. The molecule has 0 atom stereocenters. The van der Waals surface area contributed by atoms with Crippen LogP contribution in [0.5, 0.6) is 0 Å². The van der Waals surface area contributed by atoms with Crippen molar-refractivity contribution < 1.29 is 9.53 Å². The summed E-state index contributed by atoms with van der Waals surface area (Å²) in [6, 6.07) is 11.4. The lowest BCUT2D eigenvalue weighted by Crippen LogP contribution is -2.86. The van der Waals surface area contributed by atoms with Crippen LogP contribution in [0.25, 0.3) is 22.2 Å². The van der Waals surface area contributed by atoms with Gasteiger partial charge in [0, 0.05) is 40.6 Å². The van der Waals surface area contributed by atoms with E-state index in [4.69, 9.17) is 9.72 Å². The van der Waals surface area contributed by atoms with E-state index in [9.17, 15) is 4.79 Å². The van der Waals surface area contributed by atoms with Crippen LogP contribution in [0.3, 0.4) is 0 Å². The van der Waals surface area contributed by atoms with Crippen LogP contribution in [0, 0.1) is 6.92 Å². The Kier molecular flexibility index (Phi) is 6.60. The van der Waals surface area contributed by atoms with Crippen LogP contribution in [-0.4, -0.2) is 115 Å². The number of fused-ring (bicyclic) bond motifs is 1. The zero-order valence-electron chi connectivity index (χ0n) is 25.1. The van der Waals surface area contributed by atoms with E-state index in [1.54, 1.807) is 12.3 Å². The van der Waals surface area contributed by atoms with Crippen molar-refractivity contribution in [2.45, 2.75) is 28.4 Å². The largest absolute Gasteiger partial charge is 0.402 e. The smallest absolute Gasteiger partial charge is 0.257 e. The van der Waals surface area contributed by atoms with Gasteiger partial charge in [0.05, 0.1) is 17.4 Å². The van der Waals surface area contributed by atoms with E-state index >= 15 is 0 Å². The molecule has 194 valence electrons. The lowest BCUT2D eigenvalue weighted by molar-refractivity contribution is -0.0256. The average molecular weight is 524 g/mol. The molecule has 0 saturated carbocycles. The third-order valence-electron chi connectivity index (χ3n) is 9.15. The van der Waals surface area contributed by atoms with Crippen molar-refractivity contribution in [3.05, 3.63) is 60.2 Å². The molecule has 1 aliphatic rings. The summed E-state index contributed by atoms with van der Waals surface area (Å²) in [6.45, 7) is 1.97. The Balaban J connectivity index is 1.46. The summed E-state index contributed by atoms with van der Waals surface area (Å²) in [6.07, 6.45) is 3.54. The number of rotatable bonds is 4. The van der Waals surface area contributed by atoms with Gasteiger partial charge < -0.3 is 19.5 Å². The summed E-state index contributed by atoms with van der Waals surface area (Å²) in [4.78, 5) is 24.8. The molecule has 1 saturated heterocycles. The number of nitrogens with zero attached hydrogens (tertiary/aromatic N) is 6. The van der Waals surface area contributed by atoms with Gasteiger partial charge in [0.2, 0.25) is 0 Å². The minimum atomic E-state index is -0.473. The average Bonchev–Trinajstić information content (AvgIpc) is 3.20. The van der Waals surface area contributed by atoms with Crippen molar-refractivity contribution in [2.75, 3.05) is 10.2 Å². The highest BCUT2D eigenvalue weighted by molar-refractivity contribution is 6.61. The summed E-state index contributed by atoms with van der Waals surface area (Å²) < 4.78 is 8.65. The Morgan fingerprint density at radius 2 is 1.57 bits per heavy atom. The van der Waals surface area contributed by atoms with E-state index in [-0.39, 0.29) is 5.91 Å². The topological polar surface area (TPSA) is 98.1 Å². The molecule has 17 heteroatoms. The predicted octanol–water partition coefficient (Wildman–Crippen LogP) is -5.50. The van der Waals surface area contributed by atoms with Crippen LogP contribution < -0.4 is 10.2 Å². The van der Waals surface area contributed by atoms with E-state index in [1.807, 2.05) is 55.1 Å². The number of aromatic nitrogens is 5. The van der Waals surface area contributed by atoms with Crippen LogP contribution >= 0.6 is 0 Å². The van der Waals surface area contributed by atoms with E-state index in [2.05, 4.69) is 88.2 Å². The predicted molar refractivity (Wildman–Crippen MR) is 182 cm³/mol. The number of aryl methyl sites for hydroxylation is 1. The first-order valence-corrected chi connectivity index (χ1v) is 13.6. The number of anilines is 2. The first-order chi connectivity index (χ1) is 18.5. The summed E-state index contributed by atoms with van der Waals surface area (Å²) >= 11 is 0. The van der Waals surface area contributed by atoms with Crippen molar-refractivity contribution in [1.29, 1.82) is 0 Å². The summed E-state index contributed by atoms with van der Waals surface area (Å²) in [7, 11) is 19.0. The Morgan fingerprint density at radius 3 is 2.20 bits per heavy atom. The van der Waals surface area contributed by atoms with E-state index < -0.39 is 21.5 Å². The Hall–Kier alpha value is -3.33. The first-order valence-electron chi connectivity index (χ1n) is 13.6. The van der Waals surface area contributed by atoms with E-state index in [0.717, 1.165) is 28.0 Å². The van der Waals surface area contributed by atoms with Crippen LogP contribution in [0.4, 0.5) is 11.6 Å². The Morgan fingerprint density at radius 1 is 0.900 bits per heavy atom. The number of morpholine rings is 1. The molecule has 5 rings (SSSR count). The Labute approximate surface area is 242 Å². The van der Waals surface area contributed by atoms with Crippen molar-refractivity contribution in [1.82, 2.24) is 24.7 Å².